The maximum atomic E-state index is 11.7. The molecule has 0 aromatic heterocycles. The van der Waals surface area contributed by atoms with Gasteiger partial charge in [-0.1, -0.05) is 31.9 Å². The zero-order valence-corrected chi connectivity index (χ0v) is 11.8. The van der Waals surface area contributed by atoms with Crippen molar-refractivity contribution in [3.05, 3.63) is 12.2 Å². The maximum Gasteiger partial charge on any atom is 0.306 e. The van der Waals surface area contributed by atoms with E-state index in [9.17, 15) is 4.79 Å². The lowest BCUT2D eigenvalue weighted by molar-refractivity contribution is -0.150. The first kappa shape index (κ1) is 15.3. The standard InChI is InChI=1S/C16H28O2/c1-2-12-15-13-10-8-6-4-3-5-7-9-11-14-16(17)18-15/h3,5,15H,2,4,6-14H2,1H3/b5-3-. The first-order valence-electron chi connectivity index (χ1n) is 7.67. The molecule has 1 unspecified atom stereocenters. The summed E-state index contributed by atoms with van der Waals surface area (Å²) in [6.07, 6.45) is 16.6. The van der Waals surface area contributed by atoms with Gasteiger partial charge in [-0.3, -0.25) is 4.79 Å². The highest BCUT2D eigenvalue weighted by Crippen LogP contribution is 2.15. The van der Waals surface area contributed by atoms with Gasteiger partial charge in [-0.25, -0.2) is 0 Å². The number of rotatable bonds is 2. The van der Waals surface area contributed by atoms with Crippen LogP contribution in [0.1, 0.15) is 77.6 Å². The molecule has 0 saturated heterocycles. The molecular formula is C16H28O2. The Morgan fingerprint density at radius 1 is 1.11 bits per heavy atom. The number of cyclic esters (lactones) is 1. The average molecular weight is 252 g/mol. The Balaban J connectivity index is 2.39. The lowest BCUT2D eigenvalue weighted by Gasteiger charge is -2.17. The Morgan fingerprint density at radius 2 is 1.83 bits per heavy atom. The highest BCUT2D eigenvalue weighted by Gasteiger charge is 2.13. The molecule has 0 saturated carbocycles. The molecule has 0 spiro atoms. The average Bonchev–Trinajstić information content (AvgIpc) is 2.35. The Kier molecular flexibility index (Phi) is 8.62. The van der Waals surface area contributed by atoms with Crippen molar-refractivity contribution < 1.29 is 9.53 Å². The first-order valence-corrected chi connectivity index (χ1v) is 7.67. The van der Waals surface area contributed by atoms with Crippen LogP contribution >= 0.6 is 0 Å². The predicted molar refractivity (Wildman–Crippen MR) is 75.5 cm³/mol. The van der Waals surface area contributed by atoms with Gasteiger partial charge in [0.05, 0.1) is 0 Å². The third-order valence-corrected chi connectivity index (χ3v) is 3.47. The van der Waals surface area contributed by atoms with Crippen molar-refractivity contribution in [3.8, 4) is 0 Å². The van der Waals surface area contributed by atoms with Gasteiger partial charge in [0.1, 0.15) is 6.10 Å². The minimum absolute atomic E-state index is 0.00879. The SMILES string of the molecule is CCCC1CCCCC/C=C\CCCCC(=O)O1. The Bertz CT molecular complexity index is 245. The lowest BCUT2D eigenvalue weighted by atomic mass is 10.0. The third-order valence-electron chi connectivity index (χ3n) is 3.47. The molecule has 0 N–H and O–H groups in total. The summed E-state index contributed by atoms with van der Waals surface area (Å²) in [6, 6.07) is 0. The van der Waals surface area contributed by atoms with Crippen molar-refractivity contribution in [3.63, 3.8) is 0 Å². The number of allylic oxidation sites excluding steroid dienone is 2. The molecule has 2 heteroatoms. The van der Waals surface area contributed by atoms with Gasteiger partial charge in [0, 0.05) is 6.42 Å². The molecule has 1 heterocycles. The second kappa shape index (κ2) is 10.2. The largest absolute Gasteiger partial charge is 0.462 e. The minimum Gasteiger partial charge on any atom is -0.462 e. The van der Waals surface area contributed by atoms with E-state index >= 15 is 0 Å². The normalized spacial score (nSPS) is 26.1. The van der Waals surface area contributed by atoms with Gasteiger partial charge in [-0.15, -0.1) is 0 Å². The van der Waals surface area contributed by atoms with E-state index in [0.717, 1.165) is 38.5 Å². The molecule has 0 bridgehead atoms. The molecule has 0 aliphatic carbocycles. The van der Waals surface area contributed by atoms with E-state index in [4.69, 9.17) is 4.74 Å². The van der Waals surface area contributed by atoms with Crippen LogP contribution in [-0.4, -0.2) is 12.1 Å². The van der Waals surface area contributed by atoms with Crippen LogP contribution in [0.15, 0.2) is 12.2 Å². The molecule has 104 valence electrons. The Labute approximate surface area is 112 Å². The number of hydrogen-bond donors (Lipinski definition) is 0. The van der Waals surface area contributed by atoms with E-state index < -0.39 is 0 Å². The van der Waals surface area contributed by atoms with Gasteiger partial charge in [0.2, 0.25) is 0 Å². The highest BCUT2D eigenvalue weighted by atomic mass is 16.5. The van der Waals surface area contributed by atoms with E-state index in [1.165, 1.54) is 25.7 Å². The summed E-state index contributed by atoms with van der Waals surface area (Å²) in [7, 11) is 0. The second-order valence-electron chi connectivity index (χ2n) is 5.26. The number of hydrogen-bond acceptors (Lipinski definition) is 2. The lowest BCUT2D eigenvalue weighted by Crippen LogP contribution is -2.18. The molecule has 0 fully saturated rings. The van der Waals surface area contributed by atoms with Crippen LogP contribution in [0.3, 0.4) is 0 Å². The molecule has 0 amide bonds. The monoisotopic (exact) mass is 252 g/mol. The topological polar surface area (TPSA) is 26.3 Å². The summed E-state index contributed by atoms with van der Waals surface area (Å²) < 4.78 is 5.58. The first-order chi connectivity index (χ1) is 8.83. The van der Waals surface area contributed by atoms with E-state index in [0.29, 0.717) is 6.42 Å². The molecule has 18 heavy (non-hydrogen) atoms. The van der Waals surface area contributed by atoms with Gasteiger partial charge in [-0.05, 0) is 51.4 Å². The van der Waals surface area contributed by atoms with E-state index in [1.807, 2.05) is 0 Å². The van der Waals surface area contributed by atoms with Gasteiger partial charge in [0.15, 0.2) is 0 Å². The molecule has 0 aromatic carbocycles. The molecule has 1 rings (SSSR count). The Morgan fingerprint density at radius 3 is 2.56 bits per heavy atom. The van der Waals surface area contributed by atoms with Crippen molar-refractivity contribution >= 4 is 5.97 Å². The van der Waals surface area contributed by atoms with E-state index in [1.54, 1.807) is 0 Å². The minimum atomic E-state index is 0.00879. The summed E-state index contributed by atoms with van der Waals surface area (Å²) in [5.74, 6) is 0.00879. The van der Waals surface area contributed by atoms with Crippen molar-refractivity contribution in [2.24, 2.45) is 0 Å². The molecule has 0 radical (unpaired) electrons. The summed E-state index contributed by atoms with van der Waals surface area (Å²) in [4.78, 5) is 11.7. The van der Waals surface area contributed by atoms with Crippen LogP contribution in [0.2, 0.25) is 0 Å². The smallest absolute Gasteiger partial charge is 0.306 e. The van der Waals surface area contributed by atoms with E-state index in [-0.39, 0.29) is 12.1 Å². The highest BCUT2D eigenvalue weighted by molar-refractivity contribution is 5.69. The maximum absolute atomic E-state index is 11.7. The zero-order valence-electron chi connectivity index (χ0n) is 11.8. The number of ether oxygens (including phenoxy) is 1. The van der Waals surface area contributed by atoms with Crippen molar-refractivity contribution in [2.45, 2.75) is 83.7 Å². The molecule has 2 nitrogen and oxygen atoms in total. The fourth-order valence-corrected chi connectivity index (χ4v) is 2.41. The number of carbonyl (C=O) groups excluding carboxylic acids is 1. The van der Waals surface area contributed by atoms with Crippen molar-refractivity contribution in [2.75, 3.05) is 0 Å². The van der Waals surface area contributed by atoms with Crippen LogP contribution in [0.25, 0.3) is 0 Å². The van der Waals surface area contributed by atoms with Gasteiger partial charge < -0.3 is 4.74 Å². The number of carbonyl (C=O) groups is 1. The fraction of sp³-hybridized carbons (Fsp3) is 0.812. The number of esters is 1. The van der Waals surface area contributed by atoms with Crippen LogP contribution in [0, 0.1) is 0 Å². The molecule has 1 aliphatic rings. The van der Waals surface area contributed by atoms with E-state index in [2.05, 4.69) is 19.1 Å². The van der Waals surface area contributed by atoms with Crippen molar-refractivity contribution in [1.82, 2.24) is 0 Å². The van der Waals surface area contributed by atoms with Crippen LogP contribution in [0.5, 0.6) is 0 Å². The quantitative estimate of drug-likeness (QED) is 0.522. The molecule has 0 aromatic rings. The zero-order chi connectivity index (χ0) is 13.1. The third kappa shape index (κ3) is 7.52. The fourth-order valence-electron chi connectivity index (χ4n) is 2.41. The summed E-state index contributed by atoms with van der Waals surface area (Å²) in [5.41, 5.74) is 0. The summed E-state index contributed by atoms with van der Waals surface area (Å²) in [5, 5.41) is 0. The van der Waals surface area contributed by atoms with Gasteiger partial charge in [0.25, 0.3) is 0 Å². The van der Waals surface area contributed by atoms with Gasteiger partial charge in [-0.2, -0.15) is 0 Å². The predicted octanol–water partition coefficient (Wildman–Crippen LogP) is 4.78. The summed E-state index contributed by atoms with van der Waals surface area (Å²) in [6.45, 7) is 2.16. The van der Waals surface area contributed by atoms with Crippen LogP contribution in [0.4, 0.5) is 0 Å². The van der Waals surface area contributed by atoms with Gasteiger partial charge >= 0.3 is 5.97 Å². The molecular weight excluding hydrogens is 224 g/mol. The van der Waals surface area contributed by atoms with Crippen molar-refractivity contribution in [1.29, 1.82) is 0 Å². The Hall–Kier alpha value is -0.790. The molecule has 1 aliphatic heterocycles. The van der Waals surface area contributed by atoms with Crippen LogP contribution < -0.4 is 0 Å². The summed E-state index contributed by atoms with van der Waals surface area (Å²) >= 11 is 0. The second-order valence-corrected chi connectivity index (χ2v) is 5.26. The van der Waals surface area contributed by atoms with Crippen LogP contribution in [-0.2, 0) is 9.53 Å². The molecule has 1 atom stereocenters.